The second kappa shape index (κ2) is 5.65. The van der Waals surface area contributed by atoms with Crippen LogP contribution in [0, 0.1) is 6.92 Å². The van der Waals surface area contributed by atoms with Crippen LogP contribution in [-0.4, -0.2) is 19.2 Å². The lowest BCUT2D eigenvalue weighted by atomic mass is 10.2. The molecule has 0 aliphatic carbocycles. The average Bonchev–Trinajstić information content (AvgIpc) is 2.71. The molecule has 1 aromatic heterocycles. The van der Waals surface area contributed by atoms with E-state index in [0.717, 1.165) is 29.3 Å². The van der Waals surface area contributed by atoms with Crippen LogP contribution in [0.15, 0.2) is 24.4 Å². The summed E-state index contributed by atoms with van der Waals surface area (Å²) in [6.45, 7) is 4.06. The average molecular weight is 280 g/mol. The summed E-state index contributed by atoms with van der Waals surface area (Å²) in [5, 5.41) is 1.05. The second-order valence-corrected chi connectivity index (χ2v) is 6.70. The molecule has 5 heteroatoms. The molecular weight excluding hydrogens is 260 g/mol. The van der Waals surface area contributed by atoms with Crippen molar-refractivity contribution in [2.75, 3.05) is 10.5 Å². The third-order valence-corrected chi connectivity index (χ3v) is 4.55. The summed E-state index contributed by atoms with van der Waals surface area (Å²) < 4.78 is 26.5. The number of hydrogen-bond acceptors (Lipinski definition) is 2. The van der Waals surface area contributed by atoms with E-state index in [2.05, 4.69) is 16.6 Å². The molecule has 0 aliphatic heterocycles. The SMILES string of the molecule is CCCCCS(=O)(=O)Nc1ccc2[nH]cc(C)c2c1. The fraction of sp³-hybridized carbons (Fsp3) is 0.429. The number of anilines is 1. The number of hydrogen-bond donors (Lipinski definition) is 2. The first-order chi connectivity index (χ1) is 9.02. The summed E-state index contributed by atoms with van der Waals surface area (Å²) in [7, 11) is -3.23. The minimum atomic E-state index is -3.23. The van der Waals surface area contributed by atoms with Gasteiger partial charge in [-0.3, -0.25) is 4.72 Å². The molecule has 0 aliphatic rings. The van der Waals surface area contributed by atoms with Crippen LogP contribution < -0.4 is 4.72 Å². The first kappa shape index (κ1) is 13.9. The maximum absolute atomic E-state index is 11.9. The van der Waals surface area contributed by atoms with E-state index < -0.39 is 10.0 Å². The van der Waals surface area contributed by atoms with Gasteiger partial charge in [0, 0.05) is 22.8 Å². The highest BCUT2D eigenvalue weighted by atomic mass is 32.2. The topological polar surface area (TPSA) is 62.0 Å². The summed E-state index contributed by atoms with van der Waals surface area (Å²) in [6.07, 6.45) is 4.59. The predicted molar refractivity (Wildman–Crippen MR) is 80.0 cm³/mol. The predicted octanol–water partition coefficient (Wildman–Crippen LogP) is 3.41. The molecule has 2 rings (SSSR count). The van der Waals surface area contributed by atoms with E-state index in [1.54, 1.807) is 6.07 Å². The maximum atomic E-state index is 11.9. The van der Waals surface area contributed by atoms with Gasteiger partial charge in [0.05, 0.1) is 5.75 Å². The lowest BCUT2D eigenvalue weighted by Crippen LogP contribution is -2.16. The van der Waals surface area contributed by atoms with Crippen LogP contribution in [-0.2, 0) is 10.0 Å². The summed E-state index contributed by atoms with van der Waals surface area (Å²) >= 11 is 0. The Morgan fingerprint density at radius 3 is 2.79 bits per heavy atom. The standard InChI is InChI=1S/C14H20N2O2S/c1-3-4-5-8-19(17,18)16-12-6-7-14-13(9-12)11(2)10-15-14/h6-7,9-10,15-16H,3-5,8H2,1-2H3. The second-order valence-electron chi connectivity index (χ2n) is 4.86. The molecule has 0 radical (unpaired) electrons. The van der Waals surface area contributed by atoms with Crippen LogP contribution in [0.4, 0.5) is 5.69 Å². The van der Waals surface area contributed by atoms with Crippen molar-refractivity contribution in [1.29, 1.82) is 0 Å². The molecule has 0 bridgehead atoms. The van der Waals surface area contributed by atoms with Gasteiger partial charge in [-0.05, 0) is 37.1 Å². The van der Waals surface area contributed by atoms with E-state index >= 15 is 0 Å². The summed E-state index contributed by atoms with van der Waals surface area (Å²) in [4.78, 5) is 3.14. The first-order valence-corrected chi connectivity index (χ1v) is 8.25. The Morgan fingerprint density at radius 2 is 2.05 bits per heavy atom. The molecule has 2 aromatic rings. The van der Waals surface area contributed by atoms with Crippen LogP contribution in [0.5, 0.6) is 0 Å². The van der Waals surface area contributed by atoms with E-state index in [1.807, 2.05) is 25.3 Å². The fourth-order valence-electron chi connectivity index (χ4n) is 2.10. The number of benzene rings is 1. The van der Waals surface area contributed by atoms with Gasteiger partial charge >= 0.3 is 0 Å². The Morgan fingerprint density at radius 1 is 1.26 bits per heavy atom. The summed E-state index contributed by atoms with van der Waals surface area (Å²) in [5.41, 5.74) is 2.76. The van der Waals surface area contributed by atoms with Crippen molar-refractivity contribution in [3.63, 3.8) is 0 Å². The van der Waals surface area contributed by atoms with Crippen LogP contribution in [0.3, 0.4) is 0 Å². The van der Waals surface area contributed by atoms with Crippen LogP contribution in [0.2, 0.25) is 0 Å². The number of fused-ring (bicyclic) bond motifs is 1. The van der Waals surface area contributed by atoms with Crippen molar-refractivity contribution in [1.82, 2.24) is 4.98 Å². The van der Waals surface area contributed by atoms with E-state index in [0.29, 0.717) is 12.1 Å². The van der Waals surface area contributed by atoms with Gasteiger partial charge in [-0.1, -0.05) is 19.8 Å². The molecule has 0 amide bonds. The van der Waals surface area contributed by atoms with Gasteiger partial charge in [-0.2, -0.15) is 0 Å². The molecule has 0 saturated carbocycles. The number of rotatable bonds is 6. The Balaban J connectivity index is 2.14. The molecule has 0 atom stereocenters. The van der Waals surface area contributed by atoms with Gasteiger partial charge in [-0.25, -0.2) is 8.42 Å². The quantitative estimate of drug-likeness (QED) is 0.796. The maximum Gasteiger partial charge on any atom is 0.232 e. The van der Waals surface area contributed by atoms with Crippen molar-refractivity contribution in [3.8, 4) is 0 Å². The van der Waals surface area contributed by atoms with E-state index in [-0.39, 0.29) is 5.75 Å². The molecule has 0 saturated heterocycles. The van der Waals surface area contributed by atoms with E-state index in [9.17, 15) is 8.42 Å². The highest BCUT2D eigenvalue weighted by Crippen LogP contribution is 2.22. The number of sulfonamides is 1. The van der Waals surface area contributed by atoms with Gasteiger partial charge in [0.1, 0.15) is 0 Å². The Hall–Kier alpha value is -1.49. The number of aryl methyl sites for hydroxylation is 1. The lowest BCUT2D eigenvalue weighted by Gasteiger charge is -2.08. The van der Waals surface area contributed by atoms with E-state index in [1.165, 1.54) is 0 Å². The molecule has 104 valence electrons. The third kappa shape index (κ3) is 3.50. The molecule has 0 unspecified atom stereocenters. The van der Waals surface area contributed by atoms with Gasteiger partial charge in [0.15, 0.2) is 0 Å². The Kier molecular flexibility index (Phi) is 4.14. The van der Waals surface area contributed by atoms with Crippen molar-refractivity contribution >= 4 is 26.6 Å². The van der Waals surface area contributed by atoms with Crippen molar-refractivity contribution in [3.05, 3.63) is 30.0 Å². The van der Waals surface area contributed by atoms with Crippen molar-refractivity contribution < 1.29 is 8.42 Å². The van der Waals surface area contributed by atoms with Gasteiger partial charge < -0.3 is 4.98 Å². The summed E-state index contributed by atoms with van der Waals surface area (Å²) in [5.74, 6) is 0.186. The van der Waals surface area contributed by atoms with Crippen LogP contribution in [0.25, 0.3) is 10.9 Å². The number of aromatic nitrogens is 1. The number of unbranched alkanes of at least 4 members (excludes halogenated alkanes) is 2. The molecular formula is C14H20N2O2S. The van der Waals surface area contributed by atoms with Crippen LogP contribution >= 0.6 is 0 Å². The van der Waals surface area contributed by atoms with Gasteiger partial charge in [0.2, 0.25) is 10.0 Å². The largest absolute Gasteiger partial charge is 0.361 e. The lowest BCUT2D eigenvalue weighted by molar-refractivity contribution is 0.596. The monoisotopic (exact) mass is 280 g/mol. The Labute approximate surface area is 114 Å². The highest BCUT2D eigenvalue weighted by Gasteiger charge is 2.10. The van der Waals surface area contributed by atoms with E-state index in [4.69, 9.17) is 0 Å². The Bertz CT molecular complexity index is 659. The molecule has 1 heterocycles. The van der Waals surface area contributed by atoms with Gasteiger partial charge in [0.25, 0.3) is 0 Å². The number of aromatic amines is 1. The van der Waals surface area contributed by atoms with Gasteiger partial charge in [-0.15, -0.1) is 0 Å². The zero-order valence-corrected chi connectivity index (χ0v) is 12.2. The zero-order valence-electron chi connectivity index (χ0n) is 11.4. The first-order valence-electron chi connectivity index (χ1n) is 6.60. The zero-order chi connectivity index (χ0) is 13.9. The summed E-state index contributed by atoms with van der Waals surface area (Å²) in [6, 6.07) is 5.56. The highest BCUT2D eigenvalue weighted by molar-refractivity contribution is 7.92. The molecule has 4 nitrogen and oxygen atoms in total. The fourth-order valence-corrected chi connectivity index (χ4v) is 3.27. The van der Waals surface area contributed by atoms with Crippen molar-refractivity contribution in [2.24, 2.45) is 0 Å². The normalized spacial score (nSPS) is 11.9. The molecule has 0 spiro atoms. The minimum Gasteiger partial charge on any atom is -0.361 e. The third-order valence-electron chi connectivity index (χ3n) is 3.18. The van der Waals surface area contributed by atoms with Crippen molar-refractivity contribution in [2.45, 2.75) is 33.1 Å². The smallest absolute Gasteiger partial charge is 0.232 e. The molecule has 2 N–H and O–H groups in total. The van der Waals surface area contributed by atoms with Crippen LogP contribution in [0.1, 0.15) is 31.7 Å². The molecule has 1 aromatic carbocycles. The molecule has 0 fully saturated rings. The number of H-pyrrole nitrogens is 1. The minimum absolute atomic E-state index is 0.186. The molecule has 19 heavy (non-hydrogen) atoms. The number of nitrogens with one attached hydrogen (secondary N) is 2.